The van der Waals surface area contributed by atoms with Gasteiger partial charge in [-0.25, -0.2) is 0 Å². The molecule has 1 heterocycles. The lowest BCUT2D eigenvalue weighted by molar-refractivity contribution is -0.383. The van der Waals surface area contributed by atoms with E-state index in [-0.39, 0.29) is 18.0 Å². The molecule has 3 unspecified atom stereocenters. The molecule has 0 bridgehead atoms. The molecule has 0 radical (unpaired) electrons. The van der Waals surface area contributed by atoms with E-state index in [0.717, 1.165) is 13.0 Å². The highest BCUT2D eigenvalue weighted by Crippen LogP contribution is 2.48. The third-order valence-electron chi connectivity index (χ3n) is 2.17. The maximum atomic E-state index is 10.7. The Balaban J connectivity index is 2.08. The van der Waals surface area contributed by atoms with Gasteiger partial charge in [0.25, 0.3) is 0 Å². The van der Waals surface area contributed by atoms with Crippen molar-refractivity contribution >= 4 is 5.97 Å². The normalized spacial score (nSPS) is 46.3. The number of carbonyl (C=O) groups is 1. The largest absolute Gasteiger partial charge is 0.456 e. The first-order chi connectivity index (χ1) is 4.33. The molecule has 3 heteroatoms. The fourth-order valence-electron chi connectivity index (χ4n) is 1.49. The lowest BCUT2D eigenvalue weighted by Crippen LogP contribution is -2.56. The van der Waals surface area contributed by atoms with Crippen LogP contribution in [0.2, 0.25) is 0 Å². The number of fused-ring (bicyclic) bond motifs is 1. The van der Waals surface area contributed by atoms with Crippen molar-refractivity contribution in [2.75, 3.05) is 6.54 Å². The Bertz CT molecular complexity index is 157. The highest BCUT2D eigenvalue weighted by atomic mass is 16.6. The second kappa shape index (κ2) is 1.48. The number of rotatable bonds is 1. The Morgan fingerprint density at radius 1 is 1.78 bits per heavy atom. The van der Waals surface area contributed by atoms with Crippen molar-refractivity contribution in [1.29, 1.82) is 0 Å². The zero-order chi connectivity index (χ0) is 6.43. The summed E-state index contributed by atoms with van der Waals surface area (Å²) in [5.74, 6) is 0.806. The van der Waals surface area contributed by atoms with Crippen LogP contribution in [0.25, 0.3) is 0 Å². The summed E-state index contributed by atoms with van der Waals surface area (Å²) in [4.78, 5) is 10.7. The molecule has 50 valence electrons. The standard InChI is InChI=1S/C6H9NO2/c7-2-5-3-1-4(3)6(8)9-5/h3-5H,1-2,7H2/p+1. The Morgan fingerprint density at radius 2 is 2.56 bits per heavy atom. The van der Waals surface area contributed by atoms with Gasteiger partial charge in [0.2, 0.25) is 0 Å². The maximum Gasteiger partial charge on any atom is 0.309 e. The summed E-state index contributed by atoms with van der Waals surface area (Å²) in [6.07, 6.45) is 1.21. The molecule has 3 N–H and O–H groups in total. The smallest absolute Gasteiger partial charge is 0.309 e. The van der Waals surface area contributed by atoms with E-state index in [4.69, 9.17) is 4.74 Å². The average Bonchev–Trinajstić information content (AvgIpc) is 2.56. The van der Waals surface area contributed by atoms with Crippen LogP contribution in [0.4, 0.5) is 0 Å². The van der Waals surface area contributed by atoms with Gasteiger partial charge in [-0.3, -0.25) is 4.79 Å². The van der Waals surface area contributed by atoms with Crippen molar-refractivity contribution in [1.82, 2.24) is 0 Å². The fraction of sp³-hybridized carbons (Fsp3) is 0.833. The summed E-state index contributed by atoms with van der Waals surface area (Å²) in [6, 6.07) is 0. The number of cyclic esters (lactones) is 1. The molecular formula is C6H10NO2+. The van der Waals surface area contributed by atoms with Crippen LogP contribution in [0.3, 0.4) is 0 Å². The summed E-state index contributed by atoms with van der Waals surface area (Å²) >= 11 is 0. The summed E-state index contributed by atoms with van der Waals surface area (Å²) in [7, 11) is 0. The summed E-state index contributed by atoms with van der Waals surface area (Å²) < 4.78 is 4.97. The highest BCUT2D eigenvalue weighted by Gasteiger charge is 2.56. The topological polar surface area (TPSA) is 53.9 Å². The van der Waals surface area contributed by atoms with E-state index in [1.165, 1.54) is 0 Å². The molecule has 9 heavy (non-hydrogen) atoms. The van der Waals surface area contributed by atoms with E-state index in [0.29, 0.717) is 5.92 Å². The van der Waals surface area contributed by atoms with Crippen LogP contribution < -0.4 is 5.73 Å². The number of hydrogen-bond acceptors (Lipinski definition) is 2. The van der Waals surface area contributed by atoms with E-state index in [1.54, 1.807) is 0 Å². The lowest BCUT2D eigenvalue weighted by Gasteiger charge is -2.04. The Labute approximate surface area is 53.2 Å². The van der Waals surface area contributed by atoms with Crippen molar-refractivity contribution in [3.05, 3.63) is 0 Å². The van der Waals surface area contributed by atoms with Gasteiger partial charge in [-0.1, -0.05) is 0 Å². The number of ether oxygens (including phenoxy) is 1. The Hall–Kier alpha value is -0.570. The van der Waals surface area contributed by atoms with Gasteiger partial charge in [-0.05, 0) is 6.42 Å². The molecular weight excluding hydrogens is 118 g/mol. The third kappa shape index (κ3) is 0.580. The van der Waals surface area contributed by atoms with Crippen molar-refractivity contribution in [3.63, 3.8) is 0 Å². The van der Waals surface area contributed by atoms with E-state index in [9.17, 15) is 4.79 Å². The molecule has 0 spiro atoms. The van der Waals surface area contributed by atoms with Crippen molar-refractivity contribution in [2.24, 2.45) is 11.8 Å². The molecule has 1 saturated heterocycles. The van der Waals surface area contributed by atoms with E-state index in [2.05, 4.69) is 5.73 Å². The second-order valence-corrected chi connectivity index (χ2v) is 2.77. The van der Waals surface area contributed by atoms with Crippen molar-refractivity contribution in [3.8, 4) is 0 Å². The highest BCUT2D eigenvalue weighted by molar-refractivity contribution is 5.78. The number of hydrogen-bond donors (Lipinski definition) is 1. The number of carbonyl (C=O) groups excluding carboxylic acids is 1. The van der Waals surface area contributed by atoms with E-state index in [1.807, 2.05) is 0 Å². The number of esters is 1. The van der Waals surface area contributed by atoms with Crippen LogP contribution in [0.15, 0.2) is 0 Å². The summed E-state index contributed by atoms with van der Waals surface area (Å²) in [6.45, 7) is 0.743. The predicted octanol–water partition coefficient (Wildman–Crippen LogP) is -1.21. The van der Waals surface area contributed by atoms with Crippen molar-refractivity contribution < 1.29 is 15.3 Å². The average molecular weight is 128 g/mol. The second-order valence-electron chi connectivity index (χ2n) is 2.77. The Morgan fingerprint density at radius 3 is 2.78 bits per heavy atom. The minimum atomic E-state index is 0.00801. The third-order valence-corrected chi connectivity index (χ3v) is 2.17. The van der Waals surface area contributed by atoms with E-state index < -0.39 is 0 Å². The van der Waals surface area contributed by atoms with Crippen LogP contribution in [0.5, 0.6) is 0 Å². The summed E-state index contributed by atoms with van der Waals surface area (Å²) in [5.41, 5.74) is 3.70. The quantitative estimate of drug-likeness (QED) is 0.450. The number of quaternary nitrogens is 1. The molecule has 0 amide bonds. The zero-order valence-corrected chi connectivity index (χ0v) is 5.17. The molecule has 1 aliphatic heterocycles. The van der Waals surface area contributed by atoms with Gasteiger partial charge >= 0.3 is 5.97 Å². The molecule has 2 rings (SSSR count). The molecule has 2 aliphatic rings. The van der Waals surface area contributed by atoms with Crippen molar-refractivity contribution in [2.45, 2.75) is 12.5 Å². The first-order valence-electron chi connectivity index (χ1n) is 3.32. The maximum absolute atomic E-state index is 10.7. The molecule has 3 atom stereocenters. The summed E-state index contributed by atoms with van der Waals surface area (Å²) in [5, 5.41) is 0. The minimum absolute atomic E-state index is 0.00801. The van der Waals surface area contributed by atoms with Gasteiger partial charge in [0.1, 0.15) is 6.54 Å². The molecule has 0 aromatic rings. The molecule has 0 aromatic heterocycles. The SMILES string of the molecule is [NH3+]CC1OC(=O)C2CC12. The van der Waals surface area contributed by atoms with Gasteiger partial charge in [-0.2, -0.15) is 0 Å². The van der Waals surface area contributed by atoms with Crippen LogP contribution in [-0.2, 0) is 9.53 Å². The van der Waals surface area contributed by atoms with Gasteiger partial charge in [0.15, 0.2) is 6.10 Å². The molecule has 2 fully saturated rings. The minimum Gasteiger partial charge on any atom is -0.456 e. The fourth-order valence-corrected chi connectivity index (χ4v) is 1.49. The van der Waals surface area contributed by atoms with Crippen LogP contribution >= 0.6 is 0 Å². The monoisotopic (exact) mass is 128 g/mol. The van der Waals surface area contributed by atoms with Crippen LogP contribution in [0, 0.1) is 11.8 Å². The molecule has 0 aromatic carbocycles. The van der Waals surface area contributed by atoms with Crippen LogP contribution in [0.1, 0.15) is 6.42 Å². The Kier molecular flexibility index (Phi) is 0.858. The zero-order valence-electron chi connectivity index (χ0n) is 5.17. The van der Waals surface area contributed by atoms with Gasteiger partial charge in [0, 0.05) is 5.92 Å². The van der Waals surface area contributed by atoms with Crippen LogP contribution in [-0.4, -0.2) is 18.6 Å². The van der Waals surface area contributed by atoms with Gasteiger partial charge in [0.05, 0.1) is 5.92 Å². The first-order valence-corrected chi connectivity index (χ1v) is 3.32. The molecule has 3 nitrogen and oxygen atoms in total. The van der Waals surface area contributed by atoms with Gasteiger partial charge in [-0.15, -0.1) is 0 Å². The first kappa shape index (κ1) is 5.23. The predicted molar refractivity (Wildman–Crippen MR) is 29.2 cm³/mol. The molecule has 1 aliphatic carbocycles. The lowest BCUT2D eigenvalue weighted by atomic mass is 10.2. The molecule has 1 saturated carbocycles. The van der Waals surface area contributed by atoms with E-state index >= 15 is 0 Å². The van der Waals surface area contributed by atoms with Gasteiger partial charge < -0.3 is 10.5 Å².